The van der Waals surface area contributed by atoms with E-state index in [1.54, 1.807) is 19.1 Å². The summed E-state index contributed by atoms with van der Waals surface area (Å²) in [5, 5.41) is 4.26. The fraction of sp³-hybridized carbons (Fsp3) is 0.350. The van der Waals surface area contributed by atoms with Crippen LogP contribution in [0.25, 0.3) is 0 Å². The summed E-state index contributed by atoms with van der Waals surface area (Å²) in [6, 6.07) is 7.09. The van der Waals surface area contributed by atoms with E-state index >= 15 is 0 Å². The molecule has 0 bridgehead atoms. The zero-order valence-electron chi connectivity index (χ0n) is 16.0. The zero-order valence-corrected chi connectivity index (χ0v) is 17.5. The average molecular weight is 420 g/mol. The van der Waals surface area contributed by atoms with Gasteiger partial charge < -0.3 is 15.0 Å². The second-order valence-corrected chi connectivity index (χ2v) is 8.00. The topological polar surface area (TPSA) is 84.1 Å². The molecule has 0 spiro atoms. The molecule has 1 unspecified atom stereocenters. The summed E-state index contributed by atoms with van der Waals surface area (Å²) in [6.45, 7) is 3.90. The van der Waals surface area contributed by atoms with Crippen molar-refractivity contribution in [3.05, 3.63) is 62.0 Å². The Labute approximate surface area is 172 Å². The molecular weight excluding hydrogens is 398 g/mol. The maximum Gasteiger partial charge on any atom is 0.336 e. The molecule has 1 aliphatic heterocycles. The fourth-order valence-corrected chi connectivity index (χ4v) is 4.25. The van der Waals surface area contributed by atoms with Crippen LogP contribution in [-0.4, -0.2) is 28.8 Å². The Morgan fingerprint density at radius 3 is 2.68 bits per heavy atom. The fourth-order valence-electron chi connectivity index (χ4n) is 3.18. The molecule has 8 heteroatoms. The molecule has 1 aliphatic rings. The first-order valence-corrected chi connectivity index (χ1v) is 10.4. The number of hydrogen-bond donors (Lipinski definition) is 2. The number of H-pyrrole nitrogens is 1. The third kappa shape index (κ3) is 4.10. The number of methoxy groups -OCH3 is 1. The Bertz CT molecular complexity index is 970. The van der Waals surface area contributed by atoms with Gasteiger partial charge in [0.1, 0.15) is 5.82 Å². The number of benzene rings is 1. The van der Waals surface area contributed by atoms with Crippen LogP contribution in [0.3, 0.4) is 0 Å². The molecule has 0 fully saturated rings. The van der Waals surface area contributed by atoms with Crippen LogP contribution in [0.4, 0.5) is 5.82 Å². The Morgan fingerprint density at radius 2 is 2.04 bits per heavy atom. The van der Waals surface area contributed by atoms with Crippen molar-refractivity contribution < 1.29 is 9.53 Å². The van der Waals surface area contributed by atoms with Crippen molar-refractivity contribution in [1.29, 1.82) is 0 Å². The van der Waals surface area contributed by atoms with Crippen LogP contribution < -0.4 is 10.9 Å². The summed E-state index contributed by atoms with van der Waals surface area (Å²) < 4.78 is 4.98. The number of halogens is 1. The number of carbonyl (C=O) groups is 1. The van der Waals surface area contributed by atoms with Crippen molar-refractivity contribution in [3.63, 3.8) is 0 Å². The van der Waals surface area contributed by atoms with Gasteiger partial charge in [-0.3, -0.25) is 4.79 Å². The molecule has 2 N–H and O–H groups in total. The number of allylic oxidation sites excluding steroid dienone is 1. The van der Waals surface area contributed by atoms with E-state index in [4.69, 9.17) is 16.3 Å². The van der Waals surface area contributed by atoms with Crippen LogP contribution in [0.5, 0.6) is 0 Å². The number of ether oxygens (including phenoxy) is 1. The Kier molecular flexibility index (Phi) is 6.46. The number of carbonyl (C=O) groups excluding carboxylic acids is 1. The summed E-state index contributed by atoms with van der Waals surface area (Å²) in [7, 11) is 1.33. The molecule has 0 aliphatic carbocycles. The number of rotatable bonds is 6. The van der Waals surface area contributed by atoms with Gasteiger partial charge in [0.15, 0.2) is 5.16 Å². The van der Waals surface area contributed by atoms with Crippen LogP contribution in [0.1, 0.15) is 43.7 Å². The van der Waals surface area contributed by atoms with Gasteiger partial charge in [0, 0.05) is 16.5 Å². The maximum absolute atomic E-state index is 13.0. The molecule has 1 aromatic carbocycles. The van der Waals surface area contributed by atoms with E-state index in [0.29, 0.717) is 32.8 Å². The van der Waals surface area contributed by atoms with Gasteiger partial charge in [-0.1, -0.05) is 48.8 Å². The lowest BCUT2D eigenvalue weighted by Gasteiger charge is -2.28. The first-order chi connectivity index (χ1) is 13.5. The van der Waals surface area contributed by atoms with Crippen molar-refractivity contribution in [2.24, 2.45) is 0 Å². The van der Waals surface area contributed by atoms with Gasteiger partial charge in [0.2, 0.25) is 0 Å². The number of thioether (sulfide) groups is 1. The summed E-state index contributed by atoms with van der Waals surface area (Å²) in [5.74, 6) is 0.261. The van der Waals surface area contributed by atoms with Crippen LogP contribution >= 0.6 is 23.4 Å². The van der Waals surface area contributed by atoms with Crippen LogP contribution in [0.15, 0.2) is 45.5 Å². The Morgan fingerprint density at radius 1 is 1.32 bits per heavy atom. The van der Waals surface area contributed by atoms with E-state index < -0.39 is 11.9 Å². The highest BCUT2D eigenvalue weighted by atomic mass is 35.5. The minimum Gasteiger partial charge on any atom is -0.466 e. The van der Waals surface area contributed by atoms with Gasteiger partial charge in [-0.05, 0) is 31.0 Å². The van der Waals surface area contributed by atoms with E-state index in [1.165, 1.54) is 18.9 Å². The molecule has 1 aromatic heterocycles. The molecule has 3 rings (SSSR count). The number of esters is 1. The molecule has 0 amide bonds. The van der Waals surface area contributed by atoms with Gasteiger partial charge in [0.25, 0.3) is 5.56 Å². The number of aromatic nitrogens is 2. The summed E-state index contributed by atoms with van der Waals surface area (Å²) in [4.78, 5) is 32.9. The van der Waals surface area contributed by atoms with E-state index in [2.05, 4.69) is 22.2 Å². The minimum absolute atomic E-state index is 0.273. The van der Waals surface area contributed by atoms with Crippen LogP contribution in [0, 0.1) is 0 Å². The quantitative estimate of drug-likeness (QED) is 0.314. The van der Waals surface area contributed by atoms with Gasteiger partial charge >= 0.3 is 5.97 Å². The Hall–Kier alpha value is -2.25. The third-order valence-electron chi connectivity index (χ3n) is 4.57. The first-order valence-electron chi connectivity index (χ1n) is 9.04. The smallest absolute Gasteiger partial charge is 0.336 e. The second kappa shape index (κ2) is 8.84. The maximum atomic E-state index is 13.0. The number of unbranched alkanes of at least 4 members (excludes halogenated alkanes) is 1. The SMILES string of the molecule is CCCCSc1nc2c(c(=O)[nH]1)C(c1ccc(Cl)cc1)C(C(=O)OC)=C(C)N2. The van der Waals surface area contributed by atoms with Gasteiger partial charge in [0.05, 0.1) is 24.2 Å². The second-order valence-electron chi connectivity index (χ2n) is 6.48. The highest BCUT2D eigenvalue weighted by molar-refractivity contribution is 7.99. The largest absolute Gasteiger partial charge is 0.466 e. The molecule has 0 saturated heterocycles. The van der Waals surface area contributed by atoms with Crippen LogP contribution in [0.2, 0.25) is 5.02 Å². The molecule has 28 heavy (non-hydrogen) atoms. The van der Waals surface area contributed by atoms with Gasteiger partial charge in [-0.2, -0.15) is 0 Å². The predicted molar refractivity (Wildman–Crippen MR) is 112 cm³/mol. The lowest BCUT2D eigenvalue weighted by molar-refractivity contribution is -0.136. The molecule has 6 nitrogen and oxygen atoms in total. The molecule has 2 aromatic rings. The van der Waals surface area contributed by atoms with Crippen molar-refractivity contribution >= 4 is 35.1 Å². The van der Waals surface area contributed by atoms with Crippen molar-refractivity contribution in [2.75, 3.05) is 18.2 Å². The molecule has 1 atom stereocenters. The molecule has 0 radical (unpaired) electrons. The summed E-state index contributed by atoms with van der Waals surface area (Å²) in [6.07, 6.45) is 2.11. The van der Waals surface area contributed by atoms with Gasteiger partial charge in [-0.15, -0.1) is 0 Å². The highest BCUT2D eigenvalue weighted by Crippen LogP contribution is 2.40. The Balaban J connectivity index is 2.13. The predicted octanol–water partition coefficient (Wildman–Crippen LogP) is 4.32. The zero-order chi connectivity index (χ0) is 20.3. The van der Waals surface area contributed by atoms with Crippen molar-refractivity contribution in [1.82, 2.24) is 9.97 Å². The number of fused-ring (bicyclic) bond motifs is 1. The van der Waals surface area contributed by atoms with Crippen molar-refractivity contribution in [3.8, 4) is 0 Å². The third-order valence-corrected chi connectivity index (χ3v) is 5.78. The standard InChI is InChI=1S/C20H22ClN3O3S/c1-4-5-10-28-20-23-17-16(18(25)24-20)15(12-6-8-13(21)9-7-12)14(11(2)22-17)19(26)27-3/h6-9,15H,4-5,10H2,1-3H3,(H2,22,23,24,25). The van der Waals surface area contributed by atoms with E-state index in [1.807, 2.05) is 12.1 Å². The lowest BCUT2D eigenvalue weighted by Crippen LogP contribution is -2.31. The average Bonchev–Trinajstić information content (AvgIpc) is 2.67. The van der Waals surface area contributed by atoms with Crippen molar-refractivity contribution in [2.45, 2.75) is 37.8 Å². The number of anilines is 1. The number of hydrogen-bond acceptors (Lipinski definition) is 6. The molecular formula is C20H22ClN3O3S. The monoisotopic (exact) mass is 419 g/mol. The van der Waals surface area contributed by atoms with E-state index in [-0.39, 0.29) is 5.56 Å². The molecule has 2 heterocycles. The summed E-state index contributed by atoms with van der Waals surface area (Å²) in [5.41, 5.74) is 1.89. The molecule has 148 valence electrons. The number of aromatic amines is 1. The van der Waals surface area contributed by atoms with Crippen LogP contribution in [-0.2, 0) is 9.53 Å². The normalized spacial score (nSPS) is 15.8. The highest BCUT2D eigenvalue weighted by Gasteiger charge is 2.36. The number of nitrogens with zero attached hydrogens (tertiary/aromatic N) is 1. The lowest BCUT2D eigenvalue weighted by atomic mass is 9.82. The summed E-state index contributed by atoms with van der Waals surface area (Å²) >= 11 is 7.53. The first kappa shape index (κ1) is 20.5. The van der Waals surface area contributed by atoms with Gasteiger partial charge in [-0.25, -0.2) is 9.78 Å². The van der Waals surface area contributed by atoms with E-state index in [0.717, 1.165) is 24.2 Å². The number of nitrogens with one attached hydrogen (secondary N) is 2. The minimum atomic E-state index is -0.591. The molecule has 0 saturated carbocycles. The van der Waals surface area contributed by atoms with E-state index in [9.17, 15) is 9.59 Å².